The summed E-state index contributed by atoms with van der Waals surface area (Å²) in [6.45, 7) is 5.16. The van der Waals surface area contributed by atoms with Crippen LogP contribution >= 0.6 is 0 Å². The predicted octanol–water partition coefficient (Wildman–Crippen LogP) is 0.739. The van der Waals surface area contributed by atoms with Gasteiger partial charge in [-0.1, -0.05) is 12.1 Å². The van der Waals surface area contributed by atoms with E-state index in [1.165, 1.54) is 0 Å². The van der Waals surface area contributed by atoms with E-state index in [1.54, 1.807) is 13.0 Å². The van der Waals surface area contributed by atoms with Crippen molar-refractivity contribution in [1.82, 2.24) is 5.32 Å². The van der Waals surface area contributed by atoms with Crippen molar-refractivity contribution in [3.05, 3.63) is 29.3 Å². The Kier molecular flexibility index (Phi) is 4.85. The SMILES string of the molecule is Cc1ccc(C)c(NC(=O)C(=O)NC(C)CO)c1. The lowest BCUT2D eigenvalue weighted by atomic mass is 10.1. The summed E-state index contributed by atoms with van der Waals surface area (Å²) in [6.07, 6.45) is 0. The molecule has 2 amide bonds. The van der Waals surface area contributed by atoms with Crippen molar-refractivity contribution in [1.29, 1.82) is 0 Å². The van der Waals surface area contributed by atoms with Gasteiger partial charge in [-0.2, -0.15) is 0 Å². The fraction of sp³-hybridized carbons (Fsp3) is 0.385. The molecule has 5 nitrogen and oxygen atoms in total. The summed E-state index contributed by atoms with van der Waals surface area (Å²) in [4.78, 5) is 23.1. The number of rotatable bonds is 3. The first kappa shape index (κ1) is 14.2. The number of aliphatic hydroxyl groups is 1. The zero-order chi connectivity index (χ0) is 13.7. The average Bonchev–Trinajstić information content (AvgIpc) is 2.33. The lowest BCUT2D eigenvalue weighted by Crippen LogP contribution is -2.42. The number of nitrogens with one attached hydrogen (secondary N) is 2. The molecule has 1 aromatic rings. The molecule has 0 heterocycles. The standard InChI is InChI=1S/C13H18N2O3/c1-8-4-5-9(2)11(6-8)15-13(18)12(17)14-10(3)7-16/h4-6,10,16H,7H2,1-3H3,(H,14,17)(H,15,18). The Morgan fingerprint density at radius 1 is 1.28 bits per heavy atom. The lowest BCUT2D eigenvalue weighted by Gasteiger charge is -2.12. The number of amides is 2. The molecule has 0 aliphatic heterocycles. The number of aliphatic hydroxyl groups excluding tert-OH is 1. The molecule has 5 heteroatoms. The van der Waals surface area contributed by atoms with Crippen LogP contribution < -0.4 is 10.6 Å². The van der Waals surface area contributed by atoms with E-state index in [0.29, 0.717) is 5.69 Å². The van der Waals surface area contributed by atoms with E-state index in [0.717, 1.165) is 11.1 Å². The quantitative estimate of drug-likeness (QED) is 0.692. The number of anilines is 1. The van der Waals surface area contributed by atoms with Gasteiger partial charge in [0.25, 0.3) is 0 Å². The maximum Gasteiger partial charge on any atom is 0.313 e. The van der Waals surface area contributed by atoms with Gasteiger partial charge < -0.3 is 15.7 Å². The summed E-state index contributed by atoms with van der Waals surface area (Å²) in [7, 11) is 0. The number of carbonyl (C=O) groups excluding carboxylic acids is 2. The summed E-state index contributed by atoms with van der Waals surface area (Å²) in [5, 5.41) is 13.7. The van der Waals surface area contributed by atoms with Gasteiger partial charge in [0, 0.05) is 11.7 Å². The largest absolute Gasteiger partial charge is 0.394 e. The summed E-state index contributed by atoms with van der Waals surface area (Å²) in [5.41, 5.74) is 2.50. The van der Waals surface area contributed by atoms with Crippen LogP contribution in [-0.2, 0) is 9.59 Å². The first-order valence-electron chi connectivity index (χ1n) is 5.74. The maximum absolute atomic E-state index is 11.6. The topological polar surface area (TPSA) is 78.4 Å². The normalized spacial score (nSPS) is 11.8. The minimum atomic E-state index is -0.752. The Morgan fingerprint density at radius 3 is 2.56 bits per heavy atom. The van der Waals surface area contributed by atoms with Gasteiger partial charge in [-0.15, -0.1) is 0 Å². The highest BCUT2D eigenvalue weighted by Crippen LogP contribution is 2.15. The van der Waals surface area contributed by atoms with E-state index in [9.17, 15) is 9.59 Å². The highest BCUT2D eigenvalue weighted by molar-refractivity contribution is 6.39. The van der Waals surface area contributed by atoms with Crippen LogP contribution in [0.15, 0.2) is 18.2 Å². The van der Waals surface area contributed by atoms with Crippen molar-refractivity contribution < 1.29 is 14.7 Å². The van der Waals surface area contributed by atoms with Gasteiger partial charge in [-0.05, 0) is 38.0 Å². The second-order valence-corrected chi connectivity index (χ2v) is 4.33. The molecule has 0 fully saturated rings. The van der Waals surface area contributed by atoms with Crippen molar-refractivity contribution >= 4 is 17.5 Å². The number of benzene rings is 1. The molecular weight excluding hydrogens is 232 g/mol. The van der Waals surface area contributed by atoms with Crippen LogP contribution in [0.4, 0.5) is 5.69 Å². The number of hydrogen-bond acceptors (Lipinski definition) is 3. The van der Waals surface area contributed by atoms with Gasteiger partial charge in [0.05, 0.1) is 6.61 Å². The zero-order valence-electron chi connectivity index (χ0n) is 10.8. The fourth-order valence-electron chi connectivity index (χ4n) is 1.38. The van der Waals surface area contributed by atoms with Gasteiger partial charge >= 0.3 is 11.8 Å². The van der Waals surface area contributed by atoms with Gasteiger partial charge in [-0.25, -0.2) is 0 Å². The summed E-state index contributed by atoms with van der Waals surface area (Å²) >= 11 is 0. The summed E-state index contributed by atoms with van der Waals surface area (Å²) in [6, 6.07) is 5.16. The third-order valence-electron chi connectivity index (χ3n) is 2.50. The van der Waals surface area contributed by atoms with Crippen LogP contribution in [0.5, 0.6) is 0 Å². The molecule has 0 bridgehead atoms. The van der Waals surface area contributed by atoms with E-state index in [4.69, 9.17) is 5.11 Å². The zero-order valence-corrected chi connectivity index (χ0v) is 10.8. The number of carbonyl (C=O) groups is 2. The van der Waals surface area contributed by atoms with Crippen LogP contribution in [-0.4, -0.2) is 29.6 Å². The summed E-state index contributed by atoms with van der Waals surface area (Å²) in [5.74, 6) is -1.48. The van der Waals surface area contributed by atoms with Crippen molar-refractivity contribution in [2.45, 2.75) is 26.8 Å². The van der Waals surface area contributed by atoms with Crippen LogP contribution in [0.2, 0.25) is 0 Å². The molecule has 1 atom stereocenters. The smallest absolute Gasteiger partial charge is 0.313 e. The molecule has 1 rings (SSSR count). The molecule has 3 N–H and O–H groups in total. The van der Waals surface area contributed by atoms with E-state index in [-0.39, 0.29) is 6.61 Å². The van der Waals surface area contributed by atoms with Crippen LogP contribution in [0.1, 0.15) is 18.1 Å². The predicted molar refractivity (Wildman–Crippen MR) is 69.2 cm³/mol. The van der Waals surface area contributed by atoms with Gasteiger partial charge in [-0.3, -0.25) is 9.59 Å². The van der Waals surface area contributed by atoms with Gasteiger partial charge in [0.2, 0.25) is 0 Å². The monoisotopic (exact) mass is 250 g/mol. The summed E-state index contributed by atoms with van der Waals surface area (Å²) < 4.78 is 0. The Balaban J connectivity index is 2.69. The third kappa shape index (κ3) is 3.85. The fourth-order valence-corrected chi connectivity index (χ4v) is 1.38. The molecule has 0 aliphatic rings. The molecule has 1 aromatic carbocycles. The van der Waals surface area contributed by atoms with Crippen LogP contribution in [0.25, 0.3) is 0 Å². The minimum absolute atomic E-state index is 0.206. The molecule has 98 valence electrons. The van der Waals surface area contributed by atoms with Crippen molar-refractivity contribution in [2.24, 2.45) is 0 Å². The second-order valence-electron chi connectivity index (χ2n) is 4.33. The van der Waals surface area contributed by atoms with E-state index >= 15 is 0 Å². The van der Waals surface area contributed by atoms with Crippen molar-refractivity contribution in [3.8, 4) is 0 Å². The molecule has 0 aliphatic carbocycles. The van der Waals surface area contributed by atoms with Crippen LogP contribution in [0.3, 0.4) is 0 Å². The molecule has 0 spiro atoms. The Labute approximate surface area is 106 Å². The van der Waals surface area contributed by atoms with Gasteiger partial charge in [0.1, 0.15) is 0 Å². The molecule has 1 unspecified atom stereocenters. The van der Waals surface area contributed by atoms with Crippen LogP contribution in [0, 0.1) is 13.8 Å². The molecule has 0 saturated carbocycles. The Hall–Kier alpha value is -1.88. The highest BCUT2D eigenvalue weighted by Gasteiger charge is 2.16. The van der Waals surface area contributed by atoms with E-state index in [2.05, 4.69) is 10.6 Å². The number of hydrogen-bond donors (Lipinski definition) is 3. The van der Waals surface area contributed by atoms with Crippen molar-refractivity contribution in [2.75, 3.05) is 11.9 Å². The average molecular weight is 250 g/mol. The number of aryl methyl sites for hydroxylation is 2. The van der Waals surface area contributed by atoms with E-state index < -0.39 is 17.9 Å². The van der Waals surface area contributed by atoms with Gasteiger partial charge in [0.15, 0.2) is 0 Å². The second kappa shape index (κ2) is 6.16. The highest BCUT2D eigenvalue weighted by atomic mass is 16.3. The van der Waals surface area contributed by atoms with Crippen molar-refractivity contribution in [3.63, 3.8) is 0 Å². The minimum Gasteiger partial charge on any atom is -0.394 e. The third-order valence-corrected chi connectivity index (χ3v) is 2.50. The molecule has 0 radical (unpaired) electrons. The maximum atomic E-state index is 11.6. The molecular formula is C13H18N2O3. The van der Waals surface area contributed by atoms with E-state index in [1.807, 2.05) is 26.0 Å². The molecule has 0 saturated heterocycles. The first-order chi connectivity index (χ1) is 8.43. The Morgan fingerprint density at radius 2 is 1.94 bits per heavy atom. The Bertz CT molecular complexity index is 458. The lowest BCUT2D eigenvalue weighted by molar-refractivity contribution is -0.136. The molecule has 18 heavy (non-hydrogen) atoms. The molecule has 0 aromatic heterocycles. The first-order valence-corrected chi connectivity index (χ1v) is 5.74.